The van der Waals surface area contributed by atoms with E-state index in [1.165, 1.54) is 12.2 Å². The number of hydrogen-bond acceptors (Lipinski definition) is 3. The number of ether oxygens (including phenoxy) is 1. The SMILES string of the molecule is C=CCOC(=O)/C(C#N)=C\c1ccccc1C. The highest BCUT2D eigenvalue weighted by Gasteiger charge is 2.10. The smallest absolute Gasteiger partial charge is 0.349 e. The fourth-order valence-electron chi connectivity index (χ4n) is 1.25. The van der Waals surface area contributed by atoms with Crippen molar-refractivity contribution in [3.63, 3.8) is 0 Å². The molecule has 1 aromatic rings. The van der Waals surface area contributed by atoms with E-state index < -0.39 is 5.97 Å². The number of nitrogens with zero attached hydrogens (tertiary/aromatic N) is 1. The molecule has 0 spiro atoms. The van der Waals surface area contributed by atoms with Gasteiger partial charge in [0.25, 0.3) is 0 Å². The molecule has 0 unspecified atom stereocenters. The molecule has 0 heterocycles. The van der Waals surface area contributed by atoms with Crippen LogP contribution in [0.2, 0.25) is 0 Å². The van der Waals surface area contributed by atoms with Gasteiger partial charge in [-0.25, -0.2) is 4.79 Å². The Labute approximate surface area is 101 Å². The molecule has 3 heteroatoms. The Morgan fingerprint density at radius 1 is 1.53 bits per heavy atom. The molecule has 0 N–H and O–H groups in total. The summed E-state index contributed by atoms with van der Waals surface area (Å²) < 4.78 is 4.81. The lowest BCUT2D eigenvalue weighted by Gasteiger charge is -2.02. The van der Waals surface area contributed by atoms with Crippen molar-refractivity contribution in [2.75, 3.05) is 6.61 Å². The second-order valence-corrected chi connectivity index (χ2v) is 3.41. The molecule has 0 aromatic heterocycles. The molecule has 86 valence electrons. The van der Waals surface area contributed by atoms with E-state index in [2.05, 4.69) is 6.58 Å². The molecular formula is C14H13NO2. The van der Waals surface area contributed by atoms with E-state index >= 15 is 0 Å². The quantitative estimate of drug-likeness (QED) is 0.344. The summed E-state index contributed by atoms with van der Waals surface area (Å²) in [7, 11) is 0. The number of hydrogen-bond donors (Lipinski definition) is 0. The first-order valence-electron chi connectivity index (χ1n) is 5.14. The molecule has 0 atom stereocenters. The van der Waals surface area contributed by atoms with Gasteiger partial charge in [-0.05, 0) is 24.1 Å². The van der Waals surface area contributed by atoms with Gasteiger partial charge in [0.1, 0.15) is 18.2 Å². The number of carbonyl (C=O) groups excluding carboxylic acids is 1. The van der Waals surface area contributed by atoms with Crippen LogP contribution in [0.5, 0.6) is 0 Å². The van der Waals surface area contributed by atoms with Gasteiger partial charge in [0, 0.05) is 0 Å². The lowest BCUT2D eigenvalue weighted by Crippen LogP contribution is -2.06. The third-order valence-corrected chi connectivity index (χ3v) is 2.16. The van der Waals surface area contributed by atoms with Crippen LogP contribution in [0, 0.1) is 18.3 Å². The molecule has 3 nitrogen and oxygen atoms in total. The van der Waals surface area contributed by atoms with E-state index in [9.17, 15) is 4.79 Å². The summed E-state index contributed by atoms with van der Waals surface area (Å²) in [6, 6.07) is 9.34. The lowest BCUT2D eigenvalue weighted by atomic mass is 10.1. The normalized spacial score (nSPS) is 10.5. The maximum Gasteiger partial charge on any atom is 0.349 e. The Hall–Kier alpha value is -2.34. The van der Waals surface area contributed by atoms with Crippen LogP contribution in [0.3, 0.4) is 0 Å². The predicted octanol–water partition coefficient (Wildman–Crippen LogP) is 2.63. The molecule has 0 fully saturated rings. The number of esters is 1. The molecule has 0 saturated carbocycles. The van der Waals surface area contributed by atoms with Crippen LogP contribution in [0.15, 0.2) is 42.5 Å². The first-order chi connectivity index (χ1) is 8.19. The van der Waals surface area contributed by atoms with Crippen molar-refractivity contribution in [3.8, 4) is 6.07 Å². The minimum atomic E-state index is -0.629. The van der Waals surface area contributed by atoms with Crippen LogP contribution in [-0.4, -0.2) is 12.6 Å². The molecule has 0 aliphatic carbocycles. The fraction of sp³-hybridized carbons (Fsp3) is 0.143. The Bertz CT molecular complexity index is 495. The van der Waals surface area contributed by atoms with Crippen molar-refractivity contribution in [1.82, 2.24) is 0 Å². The minimum absolute atomic E-state index is 0.0128. The highest BCUT2D eigenvalue weighted by molar-refractivity contribution is 5.98. The summed E-state index contributed by atoms with van der Waals surface area (Å²) in [6.45, 7) is 5.45. The number of aryl methyl sites for hydroxylation is 1. The van der Waals surface area contributed by atoms with Gasteiger partial charge in [0.05, 0.1) is 0 Å². The zero-order valence-corrected chi connectivity index (χ0v) is 9.64. The molecule has 0 aliphatic heterocycles. The Morgan fingerprint density at radius 3 is 2.82 bits per heavy atom. The van der Waals surface area contributed by atoms with Crippen LogP contribution >= 0.6 is 0 Å². The second kappa shape index (κ2) is 6.29. The van der Waals surface area contributed by atoms with Crippen LogP contribution in [0.4, 0.5) is 0 Å². The number of nitriles is 1. The summed E-state index contributed by atoms with van der Waals surface area (Å²) >= 11 is 0. The summed E-state index contributed by atoms with van der Waals surface area (Å²) in [5.74, 6) is -0.629. The average molecular weight is 227 g/mol. The summed E-state index contributed by atoms with van der Waals surface area (Å²) in [6.07, 6.45) is 2.99. The van der Waals surface area contributed by atoms with E-state index in [1.54, 1.807) is 0 Å². The summed E-state index contributed by atoms with van der Waals surface area (Å²) in [4.78, 5) is 11.5. The van der Waals surface area contributed by atoms with Crippen LogP contribution in [0.25, 0.3) is 6.08 Å². The standard InChI is InChI=1S/C14H13NO2/c1-3-8-17-14(16)13(10-15)9-12-7-5-4-6-11(12)2/h3-7,9H,1,8H2,2H3/b13-9-. The van der Waals surface area contributed by atoms with Crippen molar-refractivity contribution in [1.29, 1.82) is 5.26 Å². The van der Waals surface area contributed by atoms with Gasteiger partial charge >= 0.3 is 5.97 Å². The highest BCUT2D eigenvalue weighted by atomic mass is 16.5. The monoisotopic (exact) mass is 227 g/mol. The number of benzene rings is 1. The van der Waals surface area contributed by atoms with Crippen molar-refractivity contribution < 1.29 is 9.53 Å². The molecule has 0 radical (unpaired) electrons. The Kier molecular flexibility index (Phi) is 4.71. The molecule has 0 amide bonds. The van der Waals surface area contributed by atoms with Gasteiger partial charge in [-0.3, -0.25) is 0 Å². The maximum atomic E-state index is 11.5. The van der Waals surface area contributed by atoms with Gasteiger partial charge in [0.15, 0.2) is 0 Å². The maximum absolute atomic E-state index is 11.5. The first kappa shape index (κ1) is 12.7. The molecule has 0 aliphatic rings. The van der Waals surface area contributed by atoms with Crippen molar-refractivity contribution in [2.45, 2.75) is 6.92 Å². The number of carbonyl (C=O) groups is 1. The summed E-state index contributed by atoms with van der Waals surface area (Å²) in [5.41, 5.74) is 1.82. The molecular weight excluding hydrogens is 214 g/mol. The molecule has 0 bridgehead atoms. The third kappa shape index (κ3) is 3.62. The van der Waals surface area contributed by atoms with E-state index in [-0.39, 0.29) is 12.2 Å². The average Bonchev–Trinajstić information content (AvgIpc) is 2.35. The first-order valence-corrected chi connectivity index (χ1v) is 5.14. The topological polar surface area (TPSA) is 50.1 Å². The van der Waals surface area contributed by atoms with Gasteiger partial charge in [-0.15, -0.1) is 0 Å². The van der Waals surface area contributed by atoms with Crippen LogP contribution in [-0.2, 0) is 9.53 Å². The summed E-state index contributed by atoms with van der Waals surface area (Å²) in [5, 5.41) is 8.90. The van der Waals surface area contributed by atoms with E-state index in [0.717, 1.165) is 11.1 Å². The minimum Gasteiger partial charge on any atom is -0.457 e. The molecule has 1 rings (SSSR count). The van der Waals surface area contributed by atoms with Crippen molar-refractivity contribution >= 4 is 12.0 Å². The van der Waals surface area contributed by atoms with Gasteiger partial charge in [-0.1, -0.05) is 36.9 Å². The van der Waals surface area contributed by atoms with E-state index in [1.807, 2.05) is 37.3 Å². The van der Waals surface area contributed by atoms with E-state index in [0.29, 0.717) is 0 Å². The van der Waals surface area contributed by atoms with Gasteiger partial charge in [-0.2, -0.15) is 5.26 Å². The Morgan fingerprint density at radius 2 is 2.24 bits per heavy atom. The Balaban J connectivity index is 2.95. The highest BCUT2D eigenvalue weighted by Crippen LogP contribution is 2.12. The predicted molar refractivity (Wildman–Crippen MR) is 65.9 cm³/mol. The molecule has 1 aromatic carbocycles. The molecule has 0 saturated heterocycles. The number of rotatable bonds is 4. The lowest BCUT2D eigenvalue weighted by molar-refractivity contribution is -0.137. The largest absolute Gasteiger partial charge is 0.457 e. The third-order valence-electron chi connectivity index (χ3n) is 2.16. The molecule has 17 heavy (non-hydrogen) atoms. The fourth-order valence-corrected chi connectivity index (χ4v) is 1.25. The second-order valence-electron chi connectivity index (χ2n) is 3.41. The van der Waals surface area contributed by atoms with Gasteiger partial charge in [0.2, 0.25) is 0 Å². The zero-order chi connectivity index (χ0) is 12.7. The van der Waals surface area contributed by atoms with Crippen LogP contribution < -0.4 is 0 Å². The van der Waals surface area contributed by atoms with Crippen molar-refractivity contribution in [2.24, 2.45) is 0 Å². The van der Waals surface area contributed by atoms with Crippen molar-refractivity contribution in [3.05, 3.63) is 53.6 Å². The van der Waals surface area contributed by atoms with Gasteiger partial charge < -0.3 is 4.74 Å². The van der Waals surface area contributed by atoms with Crippen LogP contribution in [0.1, 0.15) is 11.1 Å². The van der Waals surface area contributed by atoms with E-state index in [4.69, 9.17) is 10.00 Å². The zero-order valence-electron chi connectivity index (χ0n) is 9.64.